The molecule has 0 radical (unpaired) electrons. The average Bonchev–Trinajstić information content (AvgIpc) is 2.70. The summed E-state index contributed by atoms with van der Waals surface area (Å²) in [6, 6.07) is 9.41. The van der Waals surface area contributed by atoms with E-state index in [0.717, 1.165) is 25.1 Å². The van der Waals surface area contributed by atoms with Crippen LogP contribution in [0.1, 0.15) is 24.8 Å². The van der Waals surface area contributed by atoms with Crippen LogP contribution in [0.2, 0.25) is 0 Å². The lowest BCUT2D eigenvalue weighted by atomic mass is 9.58. The summed E-state index contributed by atoms with van der Waals surface area (Å²) >= 11 is 0. The third-order valence-electron chi connectivity index (χ3n) is 5.58. The van der Waals surface area contributed by atoms with Crippen LogP contribution in [0.25, 0.3) is 0 Å². The quantitative estimate of drug-likeness (QED) is 0.870. The van der Waals surface area contributed by atoms with Crippen LogP contribution < -0.4 is 5.73 Å². The fourth-order valence-electron chi connectivity index (χ4n) is 4.32. The van der Waals surface area contributed by atoms with E-state index in [0.29, 0.717) is 24.2 Å². The molecule has 1 heterocycles. The Morgan fingerprint density at radius 1 is 1.21 bits per heavy atom. The fourth-order valence-corrected chi connectivity index (χ4v) is 4.32. The van der Waals surface area contributed by atoms with Crippen LogP contribution in [0.4, 0.5) is 8.78 Å². The van der Waals surface area contributed by atoms with Crippen LogP contribution >= 0.6 is 0 Å². The van der Waals surface area contributed by atoms with Crippen molar-refractivity contribution in [2.45, 2.75) is 19.3 Å². The first-order chi connectivity index (χ1) is 13.4. The Kier molecular flexibility index (Phi) is 5.18. The molecule has 2 aliphatic rings. The molecule has 28 heavy (non-hydrogen) atoms. The molecule has 7 heteroatoms. The number of nitrogens with two attached hydrogens (primary N) is 1. The van der Waals surface area contributed by atoms with Gasteiger partial charge in [-0.05, 0) is 36.2 Å². The fraction of sp³-hybridized carbons (Fsp3) is 0.381. The maximum Gasteiger partial charge on any atom is 0.191 e. The third kappa shape index (κ3) is 2.83. The van der Waals surface area contributed by atoms with Gasteiger partial charge in [-0.2, -0.15) is 15.8 Å². The predicted octanol–water partition coefficient (Wildman–Crippen LogP) is 3.10. The molecule has 1 aliphatic carbocycles. The minimum atomic E-state index is -1.84. The van der Waals surface area contributed by atoms with Gasteiger partial charge < -0.3 is 5.73 Å². The number of hydrogen-bond donors (Lipinski definition) is 1. The smallest absolute Gasteiger partial charge is 0.191 e. The predicted molar refractivity (Wildman–Crippen MR) is 97.9 cm³/mol. The molecule has 0 aromatic heterocycles. The second-order valence-corrected chi connectivity index (χ2v) is 7.11. The molecular formula is C21H19F2N5. The monoisotopic (exact) mass is 379 g/mol. The number of halogens is 2. The normalized spacial score (nSPS) is 23.8. The number of allylic oxidation sites excluding steroid dienone is 2. The van der Waals surface area contributed by atoms with Gasteiger partial charge in [-0.3, -0.25) is 4.90 Å². The van der Waals surface area contributed by atoms with E-state index in [2.05, 4.69) is 4.90 Å². The van der Waals surface area contributed by atoms with E-state index < -0.39 is 28.9 Å². The van der Waals surface area contributed by atoms with Gasteiger partial charge in [0.15, 0.2) is 17.0 Å². The summed E-state index contributed by atoms with van der Waals surface area (Å²) < 4.78 is 27.5. The highest BCUT2D eigenvalue weighted by molar-refractivity contribution is 5.59. The lowest BCUT2D eigenvalue weighted by Crippen LogP contribution is -2.48. The van der Waals surface area contributed by atoms with Gasteiger partial charge in [0, 0.05) is 24.9 Å². The van der Waals surface area contributed by atoms with E-state index in [1.54, 1.807) is 0 Å². The van der Waals surface area contributed by atoms with Crippen molar-refractivity contribution in [1.82, 2.24) is 4.90 Å². The minimum Gasteiger partial charge on any atom is -0.399 e. The summed E-state index contributed by atoms with van der Waals surface area (Å²) in [5.74, 6) is -3.29. The summed E-state index contributed by atoms with van der Waals surface area (Å²) in [5.41, 5.74) is 5.34. The number of fused-ring (bicyclic) bond motifs is 1. The van der Waals surface area contributed by atoms with Gasteiger partial charge in [0.05, 0.1) is 23.4 Å². The SMILES string of the molecule is CCCN1CC=C2C(C#N)=C(N)C(C#N)(C#N)[C@H](c3ccc(F)c(F)c3)[C@H]2C1. The van der Waals surface area contributed by atoms with Crippen molar-refractivity contribution >= 4 is 0 Å². The Bertz CT molecular complexity index is 976. The molecule has 0 spiro atoms. The molecule has 1 aliphatic heterocycles. The molecule has 0 saturated heterocycles. The molecule has 0 amide bonds. The summed E-state index contributed by atoms with van der Waals surface area (Å²) in [6.45, 7) is 3.96. The molecule has 1 aromatic carbocycles. The van der Waals surface area contributed by atoms with Crippen molar-refractivity contribution in [1.29, 1.82) is 15.8 Å². The number of benzene rings is 1. The highest BCUT2D eigenvalue weighted by Gasteiger charge is 2.54. The van der Waals surface area contributed by atoms with E-state index in [1.807, 2.05) is 31.2 Å². The van der Waals surface area contributed by atoms with Crippen LogP contribution in [-0.4, -0.2) is 24.5 Å². The molecule has 0 unspecified atom stereocenters. The highest BCUT2D eigenvalue weighted by Crippen LogP contribution is 2.54. The number of hydrogen-bond acceptors (Lipinski definition) is 5. The van der Waals surface area contributed by atoms with Gasteiger partial charge in [-0.15, -0.1) is 0 Å². The summed E-state index contributed by atoms with van der Waals surface area (Å²) in [4.78, 5) is 2.15. The molecule has 2 N–H and O–H groups in total. The molecule has 0 saturated carbocycles. The van der Waals surface area contributed by atoms with E-state index >= 15 is 0 Å². The van der Waals surface area contributed by atoms with Crippen molar-refractivity contribution in [2.24, 2.45) is 17.1 Å². The van der Waals surface area contributed by atoms with Gasteiger partial charge in [-0.25, -0.2) is 8.78 Å². The molecule has 142 valence electrons. The molecule has 0 fully saturated rings. The Balaban J connectivity index is 2.28. The number of nitriles is 3. The molecule has 0 bridgehead atoms. The van der Waals surface area contributed by atoms with Crippen LogP contribution in [-0.2, 0) is 0 Å². The van der Waals surface area contributed by atoms with Gasteiger partial charge in [0.1, 0.15) is 6.07 Å². The lowest BCUT2D eigenvalue weighted by molar-refractivity contribution is 0.207. The highest BCUT2D eigenvalue weighted by atomic mass is 19.2. The van der Waals surface area contributed by atoms with Crippen molar-refractivity contribution in [3.05, 3.63) is 58.3 Å². The second kappa shape index (κ2) is 7.43. The first kappa shape index (κ1) is 19.5. The maximum atomic E-state index is 14.0. The number of nitrogens with zero attached hydrogens (tertiary/aromatic N) is 4. The first-order valence-electron chi connectivity index (χ1n) is 9.04. The maximum absolute atomic E-state index is 14.0. The average molecular weight is 379 g/mol. The van der Waals surface area contributed by atoms with Crippen LogP contribution in [0.5, 0.6) is 0 Å². The Morgan fingerprint density at radius 3 is 2.50 bits per heavy atom. The van der Waals surface area contributed by atoms with Gasteiger partial charge in [0.25, 0.3) is 0 Å². The van der Waals surface area contributed by atoms with E-state index in [1.165, 1.54) is 6.07 Å². The molecule has 2 atom stereocenters. The van der Waals surface area contributed by atoms with Crippen LogP contribution in [0, 0.1) is 57.0 Å². The molecule has 5 nitrogen and oxygen atoms in total. The zero-order valence-corrected chi connectivity index (χ0v) is 15.4. The zero-order chi connectivity index (χ0) is 20.5. The zero-order valence-electron chi connectivity index (χ0n) is 15.4. The van der Waals surface area contributed by atoms with Crippen LogP contribution in [0.15, 0.2) is 41.1 Å². The van der Waals surface area contributed by atoms with E-state index in [9.17, 15) is 24.6 Å². The molecular weight excluding hydrogens is 360 g/mol. The third-order valence-corrected chi connectivity index (χ3v) is 5.58. The van der Waals surface area contributed by atoms with Crippen molar-refractivity contribution in [2.75, 3.05) is 19.6 Å². The van der Waals surface area contributed by atoms with Crippen molar-refractivity contribution in [3.8, 4) is 18.2 Å². The summed E-state index contributed by atoms with van der Waals surface area (Å²) in [7, 11) is 0. The summed E-state index contributed by atoms with van der Waals surface area (Å²) in [6.07, 6.45) is 2.80. The molecule has 1 aromatic rings. The minimum absolute atomic E-state index is 0.124. The van der Waals surface area contributed by atoms with Crippen LogP contribution in [0.3, 0.4) is 0 Å². The van der Waals surface area contributed by atoms with Gasteiger partial charge >= 0.3 is 0 Å². The molecule has 3 rings (SSSR count). The van der Waals surface area contributed by atoms with E-state index in [4.69, 9.17) is 5.73 Å². The Labute approximate surface area is 162 Å². The summed E-state index contributed by atoms with van der Waals surface area (Å²) in [5, 5.41) is 29.5. The topological polar surface area (TPSA) is 101 Å². The van der Waals surface area contributed by atoms with E-state index in [-0.39, 0.29) is 11.3 Å². The van der Waals surface area contributed by atoms with Crippen molar-refractivity contribution in [3.63, 3.8) is 0 Å². The van der Waals surface area contributed by atoms with Crippen molar-refractivity contribution < 1.29 is 8.78 Å². The first-order valence-corrected chi connectivity index (χ1v) is 9.04. The van der Waals surface area contributed by atoms with Gasteiger partial charge in [-0.1, -0.05) is 19.1 Å². The van der Waals surface area contributed by atoms with Gasteiger partial charge in [0.2, 0.25) is 0 Å². The standard InChI is InChI=1S/C21H19F2N5/c1-2-6-28-7-5-14-15(9-24)20(27)21(11-25,12-26)19(16(14)10-28)13-3-4-17(22)18(23)8-13/h3-5,8,16,19H,2,6-7,10,27H2,1H3/t16-,19+/m0/s1. The second-order valence-electron chi connectivity index (χ2n) is 7.11. The Morgan fingerprint density at radius 2 is 1.93 bits per heavy atom. The largest absolute Gasteiger partial charge is 0.399 e. The lowest BCUT2D eigenvalue weighted by Gasteiger charge is -2.45. The number of rotatable bonds is 3. The Hall–Kier alpha value is -3.21.